The molecule has 60 valence electrons. The lowest BCUT2D eigenvalue weighted by atomic mass is 10.1. The minimum absolute atomic E-state index is 0.277. The highest BCUT2D eigenvalue weighted by atomic mass is 16.3. The fourth-order valence-electron chi connectivity index (χ4n) is 0.782. The number of hydrogen-bond donors (Lipinski definition) is 1. The van der Waals surface area contributed by atoms with E-state index in [1.54, 1.807) is 13.0 Å². The van der Waals surface area contributed by atoms with Crippen LogP contribution in [0, 0.1) is 0 Å². The molecule has 1 atom stereocenters. The van der Waals surface area contributed by atoms with Gasteiger partial charge in [-0.05, 0) is 12.5 Å². The quantitative estimate of drug-likeness (QED) is 0.666. The minimum Gasteiger partial charge on any atom is -0.472 e. The van der Waals surface area contributed by atoms with Crippen LogP contribution in [0.2, 0.25) is 0 Å². The molecule has 3 heteroatoms. The smallest absolute Gasteiger partial charge is 0.194 e. The first-order valence-corrected chi connectivity index (χ1v) is 3.50. The molecule has 1 aromatic rings. The highest BCUT2D eigenvalue weighted by molar-refractivity contribution is 5.98. The zero-order valence-corrected chi connectivity index (χ0v) is 6.28. The predicted molar refractivity (Wildman–Crippen MR) is 39.3 cm³/mol. The second-order valence-electron chi connectivity index (χ2n) is 2.30. The second kappa shape index (κ2) is 3.34. The molecular weight excluding hydrogens is 144 g/mol. The molecule has 0 aliphatic carbocycles. The van der Waals surface area contributed by atoms with E-state index in [1.165, 1.54) is 12.5 Å². The van der Waals surface area contributed by atoms with Gasteiger partial charge in [-0.15, -0.1) is 0 Å². The molecule has 3 nitrogen and oxygen atoms in total. The van der Waals surface area contributed by atoms with Crippen molar-refractivity contribution < 1.29 is 14.3 Å². The Bertz CT molecular complexity index is 225. The van der Waals surface area contributed by atoms with Crippen LogP contribution in [-0.4, -0.2) is 17.0 Å². The molecule has 1 aromatic heterocycles. The minimum atomic E-state index is -0.896. The maximum Gasteiger partial charge on any atom is 0.194 e. The van der Waals surface area contributed by atoms with Crippen LogP contribution in [0.1, 0.15) is 23.7 Å². The fraction of sp³-hybridized carbons (Fsp3) is 0.375. The number of ketones is 1. The number of rotatable bonds is 3. The number of Topliss-reactive ketones (excluding diaryl/α,β-unsaturated/α-hetero) is 1. The largest absolute Gasteiger partial charge is 0.472 e. The van der Waals surface area contributed by atoms with Crippen molar-refractivity contribution in [2.75, 3.05) is 0 Å². The Kier molecular flexibility index (Phi) is 2.44. The van der Waals surface area contributed by atoms with E-state index in [0.29, 0.717) is 12.0 Å². The van der Waals surface area contributed by atoms with Gasteiger partial charge in [-0.25, -0.2) is 0 Å². The van der Waals surface area contributed by atoms with Gasteiger partial charge in [0.05, 0.1) is 11.8 Å². The Hall–Kier alpha value is -1.09. The van der Waals surface area contributed by atoms with Crippen LogP contribution >= 0.6 is 0 Å². The van der Waals surface area contributed by atoms with Crippen molar-refractivity contribution in [3.63, 3.8) is 0 Å². The first kappa shape index (κ1) is 8.01. The highest BCUT2D eigenvalue weighted by Crippen LogP contribution is 2.05. The van der Waals surface area contributed by atoms with Crippen molar-refractivity contribution >= 4 is 5.78 Å². The van der Waals surface area contributed by atoms with Gasteiger partial charge in [-0.3, -0.25) is 4.79 Å². The standard InChI is InChI=1S/C8H10O3/c1-2-7(9)8(10)6-3-4-11-5-6/h3-5,7,9H,2H2,1H3. The predicted octanol–water partition coefficient (Wildman–Crippen LogP) is 1.23. The molecule has 0 saturated heterocycles. The number of carbonyl (C=O) groups is 1. The first-order chi connectivity index (χ1) is 5.25. The number of aliphatic hydroxyl groups excluding tert-OH is 1. The van der Waals surface area contributed by atoms with Crippen LogP contribution in [-0.2, 0) is 0 Å². The molecule has 1 unspecified atom stereocenters. The lowest BCUT2D eigenvalue weighted by Gasteiger charge is -2.02. The van der Waals surface area contributed by atoms with Crippen molar-refractivity contribution in [3.8, 4) is 0 Å². The molecule has 0 bridgehead atoms. The van der Waals surface area contributed by atoms with Crippen LogP contribution in [0.15, 0.2) is 23.0 Å². The van der Waals surface area contributed by atoms with Gasteiger partial charge in [-0.1, -0.05) is 6.92 Å². The third-order valence-electron chi connectivity index (χ3n) is 1.50. The fourth-order valence-corrected chi connectivity index (χ4v) is 0.782. The second-order valence-corrected chi connectivity index (χ2v) is 2.30. The summed E-state index contributed by atoms with van der Waals surface area (Å²) in [6.45, 7) is 1.75. The Labute approximate surface area is 64.6 Å². The van der Waals surface area contributed by atoms with E-state index < -0.39 is 6.10 Å². The third-order valence-corrected chi connectivity index (χ3v) is 1.50. The highest BCUT2D eigenvalue weighted by Gasteiger charge is 2.15. The summed E-state index contributed by atoms with van der Waals surface area (Å²) in [7, 11) is 0. The Morgan fingerprint density at radius 1 is 1.82 bits per heavy atom. The molecule has 1 N–H and O–H groups in total. The average molecular weight is 154 g/mol. The average Bonchev–Trinajstić information content (AvgIpc) is 2.53. The zero-order valence-electron chi connectivity index (χ0n) is 6.28. The van der Waals surface area contributed by atoms with Crippen molar-refractivity contribution in [3.05, 3.63) is 24.2 Å². The van der Waals surface area contributed by atoms with E-state index in [1.807, 2.05) is 0 Å². The van der Waals surface area contributed by atoms with Gasteiger partial charge in [0, 0.05) is 0 Å². The number of aliphatic hydroxyl groups is 1. The van der Waals surface area contributed by atoms with Crippen LogP contribution in [0.3, 0.4) is 0 Å². The monoisotopic (exact) mass is 154 g/mol. The van der Waals surface area contributed by atoms with E-state index in [0.717, 1.165) is 0 Å². The van der Waals surface area contributed by atoms with Gasteiger partial charge < -0.3 is 9.52 Å². The molecule has 0 amide bonds. The SMILES string of the molecule is CCC(O)C(=O)c1ccoc1. The van der Waals surface area contributed by atoms with E-state index >= 15 is 0 Å². The molecule has 0 aliphatic heterocycles. The summed E-state index contributed by atoms with van der Waals surface area (Å²) in [6, 6.07) is 1.54. The molecule has 0 fully saturated rings. The van der Waals surface area contributed by atoms with Crippen LogP contribution in [0.5, 0.6) is 0 Å². The van der Waals surface area contributed by atoms with Gasteiger partial charge in [0.2, 0.25) is 0 Å². The summed E-state index contributed by atoms with van der Waals surface area (Å²) in [5, 5.41) is 9.11. The van der Waals surface area contributed by atoms with Crippen molar-refractivity contribution in [1.82, 2.24) is 0 Å². The van der Waals surface area contributed by atoms with E-state index in [-0.39, 0.29) is 5.78 Å². The third kappa shape index (κ3) is 1.68. The molecule has 0 saturated carbocycles. The lowest BCUT2D eigenvalue weighted by molar-refractivity contribution is 0.0740. The van der Waals surface area contributed by atoms with E-state index in [4.69, 9.17) is 9.52 Å². The van der Waals surface area contributed by atoms with Gasteiger partial charge >= 0.3 is 0 Å². The lowest BCUT2D eigenvalue weighted by Crippen LogP contribution is -2.18. The molecule has 11 heavy (non-hydrogen) atoms. The summed E-state index contributed by atoms with van der Waals surface area (Å²) in [5.74, 6) is -0.277. The Morgan fingerprint density at radius 2 is 2.55 bits per heavy atom. The van der Waals surface area contributed by atoms with Gasteiger partial charge in [-0.2, -0.15) is 0 Å². The van der Waals surface area contributed by atoms with Crippen molar-refractivity contribution in [1.29, 1.82) is 0 Å². The Morgan fingerprint density at radius 3 is 3.00 bits per heavy atom. The van der Waals surface area contributed by atoms with Crippen LogP contribution in [0.4, 0.5) is 0 Å². The van der Waals surface area contributed by atoms with Crippen LogP contribution in [0.25, 0.3) is 0 Å². The summed E-state index contributed by atoms with van der Waals surface area (Å²) >= 11 is 0. The van der Waals surface area contributed by atoms with Crippen LogP contribution < -0.4 is 0 Å². The van der Waals surface area contributed by atoms with Crippen molar-refractivity contribution in [2.45, 2.75) is 19.4 Å². The maximum atomic E-state index is 11.1. The molecule has 0 spiro atoms. The molecule has 1 heterocycles. The molecule has 1 rings (SSSR count). The number of furan rings is 1. The maximum absolute atomic E-state index is 11.1. The van der Waals surface area contributed by atoms with E-state index in [9.17, 15) is 4.79 Å². The first-order valence-electron chi connectivity index (χ1n) is 3.50. The summed E-state index contributed by atoms with van der Waals surface area (Å²) < 4.78 is 4.70. The number of hydrogen-bond acceptors (Lipinski definition) is 3. The summed E-state index contributed by atoms with van der Waals surface area (Å²) in [5.41, 5.74) is 0.430. The summed E-state index contributed by atoms with van der Waals surface area (Å²) in [4.78, 5) is 11.1. The van der Waals surface area contributed by atoms with Gasteiger partial charge in [0.15, 0.2) is 5.78 Å². The molecule has 0 aromatic carbocycles. The zero-order chi connectivity index (χ0) is 8.27. The molecule has 0 aliphatic rings. The molecule has 0 radical (unpaired) electrons. The van der Waals surface area contributed by atoms with Gasteiger partial charge in [0.1, 0.15) is 12.4 Å². The van der Waals surface area contributed by atoms with E-state index in [2.05, 4.69) is 0 Å². The Balaban J connectivity index is 2.70. The normalized spacial score (nSPS) is 12.9. The van der Waals surface area contributed by atoms with Crippen molar-refractivity contribution in [2.24, 2.45) is 0 Å². The van der Waals surface area contributed by atoms with Gasteiger partial charge in [0.25, 0.3) is 0 Å². The molecular formula is C8H10O3. The summed E-state index contributed by atoms with van der Waals surface area (Å²) in [6.07, 6.45) is 2.29. The number of carbonyl (C=O) groups excluding carboxylic acids is 1. The topological polar surface area (TPSA) is 50.4 Å².